The molecule has 0 unspecified atom stereocenters. The molecule has 0 N–H and O–H groups in total. The van der Waals surface area contributed by atoms with Crippen LogP contribution < -0.4 is 4.90 Å². The molecule has 1 amide bonds. The summed E-state index contributed by atoms with van der Waals surface area (Å²) < 4.78 is 7.48. The molecule has 0 aliphatic carbocycles. The molecule has 144 valence electrons. The van der Waals surface area contributed by atoms with E-state index in [2.05, 4.69) is 15.1 Å². The maximum Gasteiger partial charge on any atom is 0.248 e. The average Bonchev–Trinajstić information content (AvgIpc) is 3.30. The van der Waals surface area contributed by atoms with Crippen LogP contribution in [-0.2, 0) is 16.1 Å². The molecule has 0 radical (unpaired) electrons. The molecule has 0 atom stereocenters. The maximum absolute atomic E-state index is 12.4. The third-order valence-electron chi connectivity index (χ3n) is 4.80. The highest BCUT2D eigenvalue weighted by Crippen LogP contribution is 2.14. The summed E-state index contributed by atoms with van der Waals surface area (Å²) in [5.74, 6) is 1.66. The third-order valence-corrected chi connectivity index (χ3v) is 4.80. The van der Waals surface area contributed by atoms with Crippen molar-refractivity contribution >= 4 is 11.7 Å². The number of amides is 1. The molecular formula is C21H23N5O2. The number of piperazine rings is 1. The molecule has 3 heterocycles. The van der Waals surface area contributed by atoms with Crippen LogP contribution in [0.1, 0.15) is 5.56 Å². The number of anilines is 1. The fourth-order valence-electron chi connectivity index (χ4n) is 3.22. The minimum Gasteiger partial charge on any atom is -0.367 e. The Hall–Kier alpha value is -3.19. The van der Waals surface area contributed by atoms with Gasteiger partial charge in [-0.3, -0.25) is 4.79 Å². The van der Waals surface area contributed by atoms with E-state index in [9.17, 15) is 4.79 Å². The highest BCUT2D eigenvalue weighted by atomic mass is 16.5. The topological polar surface area (TPSA) is 63.5 Å². The molecule has 0 bridgehead atoms. The average molecular weight is 377 g/mol. The predicted octanol–water partition coefficient (Wildman–Crippen LogP) is 2.13. The minimum atomic E-state index is 0.0321. The fraction of sp³-hybridized carbons (Fsp3) is 0.286. The molecule has 7 heteroatoms. The number of rotatable bonds is 6. The van der Waals surface area contributed by atoms with Gasteiger partial charge < -0.3 is 19.1 Å². The first-order valence-electron chi connectivity index (χ1n) is 9.41. The van der Waals surface area contributed by atoms with Gasteiger partial charge in [0.25, 0.3) is 0 Å². The molecule has 1 aromatic carbocycles. The van der Waals surface area contributed by atoms with E-state index >= 15 is 0 Å². The molecule has 1 aliphatic rings. The van der Waals surface area contributed by atoms with Gasteiger partial charge in [-0.15, -0.1) is 10.2 Å². The Bertz CT molecular complexity index is 873. The summed E-state index contributed by atoms with van der Waals surface area (Å²) >= 11 is 0. The molecule has 0 saturated carbocycles. The Kier molecular flexibility index (Phi) is 5.63. The van der Waals surface area contributed by atoms with Gasteiger partial charge in [-0.2, -0.15) is 0 Å². The van der Waals surface area contributed by atoms with E-state index in [4.69, 9.17) is 4.74 Å². The van der Waals surface area contributed by atoms with Gasteiger partial charge in [0.05, 0.1) is 6.61 Å². The van der Waals surface area contributed by atoms with E-state index in [0.717, 1.165) is 30.3 Å². The van der Waals surface area contributed by atoms with Crippen molar-refractivity contribution in [2.24, 2.45) is 0 Å². The van der Waals surface area contributed by atoms with Crippen LogP contribution >= 0.6 is 0 Å². The largest absolute Gasteiger partial charge is 0.367 e. The minimum absolute atomic E-state index is 0.0321. The Balaban J connectivity index is 1.24. The molecular weight excluding hydrogens is 354 g/mol. The number of hydrogen-bond acceptors (Lipinski definition) is 5. The van der Waals surface area contributed by atoms with E-state index in [-0.39, 0.29) is 12.5 Å². The lowest BCUT2D eigenvalue weighted by Gasteiger charge is -2.35. The smallest absolute Gasteiger partial charge is 0.248 e. The van der Waals surface area contributed by atoms with Crippen LogP contribution in [0.15, 0.2) is 67.0 Å². The lowest BCUT2D eigenvalue weighted by molar-refractivity contribution is -0.136. The van der Waals surface area contributed by atoms with Crippen LogP contribution in [0.25, 0.3) is 5.82 Å². The van der Waals surface area contributed by atoms with Crippen LogP contribution in [-0.4, -0.2) is 58.4 Å². The Morgan fingerprint density at radius 1 is 0.857 bits per heavy atom. The number of ether oxygens (including phenoxy) is 1. The van der Waals surface area contributed by atoms with E-state index in [1.165, 1.54) is 0 Å². The Morgan fingerprint density at radius 2 is 1.54 bits per heavy atom. The van der Waals surface area contributed by atoms with E-state index in [1.54, 1.807) is 0 Å². The number of aromatic nitrogens is 3. The van der Waals surface area contributed by atoms with Gasteiger partial charge >= 0.3 is 0 Å². The van der Waals surface area contributed by atoms with E-state index in [1.807, 2.05) is 76.5 Å². The number of nitrogens with zero attached hydrogens (tertiary/aromatic N) is 5. The first-order valence-corrected chi connectivity index (χ1v) is 9.41. The molecule has 1 fully saturated rings. The Morgan fingerprint density at radius 3 is 2.21 bits per heavy atom. The quantitative estimate of drug-likeness (QED) is 0.659. The summed E-state index contributed by atoms with van der Waals surface area (Å²) in [6.45, 7) is 3.36. The van der Waals surface area contributed by atoms with Crippen LogP contribution in [0.2, 0.25) is 0 Å². The first kappa shape index (κ1) is 18.2. The second kappa shape index (κ2) is 8.67. The Labute approximate surface area is 164 Å². The van der Waals surface area contributed by atoms with Crippen molar-refractivity contribution in [3.05, 3.63) is 72.6 Å². The fourth-order valence-corrected chi connectivity index (χ4v) is 3.22. The van der Waals surface area contributed by atoms with Gasteiger partial charge in [0.15, 0.2) is 11.6 Å². The van der Waals surface area contributed by atoms with Crippen molar-refractivity contribution in [2.45, 2.75) is 6.61 Å². The SMILES string of the molecule is O=C(COCc1ccccc1)N1CCN(c2ccc(-n3cccc3)nn2)CC1. The molecule has 4 rings (SSSR count). The molecule has 28 heavy (non-hydrogen) atoms. The normalized spacial score (nSPS) is 14.3. The van der Waals surface area contributed by atoms with Crippen molar-refractivity contribution in [3.63, 3.8) is 0 Å². The van der Waals surface area contributed by atoms with Crippen molar-refractivity contribution in [2.75, 3.05) is 37.7 Å². The second-order valence-electron chi connectivity index (χ2n) is 6.69. The summed E-state index contributed by atoms with van der Waals surface area (Å²) in [5.41, 5.74) is 1.07. The molecule has 2 aromatic heterocycles. The summed E-state index contributed by atoms with van der Waals surface area (Å²) in [6.07, 6.45) is 3.88. The zero-order valence-corrected chi connectivity index (χ0v) is 15.6. The predicted molar refractivity (Wildman–Crippen MR) is 106 cm³/mol. The van der Waals surface area contributed by atoms with E-state index < -0.39 is 0 Å². The molecule has 1 saturated heterocycles. The van der Waals surface area contributed by atoms with Crippen molar-refractivity contribution in [3.8, 4) is 5.82 Å². The summed E-state index contributed by atoms with van der Waals surface area (Å²) in [5, 5.41) is 8.63. The summed E-state index contributed by atoms with van der Waals surface area (Å²) in [6, 6.07) is 17.7. The molecule has 1 aliphatic heterocycles. The van der Waals surface area contributed by atoms with Gasteiger partial charge in [0, 0.05) is 38.6 Å². The molecule has 0 spiro atoms. The number of hydrogen-bond donors (Lipinski definition) is 0. The lowest BCUT2D eigenvalue weighted by atomic mass is 10.2. The van der Waals surface area contributed by atoms with Gasteiger partial charge in [-0.1, -0.05) is 30.3 Å². The highest BCUT2D eigenvalue weighted by molar-refractivity contribution is 5.77. The zero-order valence-electron chi connectivity index (χ0n) is 15.6. The van der Waals surface area contributed by atoms with Gasteiger partial charge in [-0.05, 0) is 29.8 Å². The van der Waals surface area contributed by atoms with Crippen molar-refractivity contribution in [1.82, 2.24) is 19.7 Å². The maximum atomic E-state index is 12.4. The summed E-state index contributed by atoms with van der Waals surface area (Å²) in [4.78, 5) is 16.4. The summed E-state index contributed by atoms with van der Waals surface area (Å²) in [7, 11) is 0. The van der Waals surface area contributed by atoms with Gasteiger partial charge in [0.1, 0.15) is 6.61 Å². The van der Waals surface area contributed by atoms with Gasteiger partial charge in [0.2, 0.25) is 5.91 Å². The number of benzene rings is 1. The monoisotopic (exact) mass is 377 g/mol. The van der Waals surface area contributed by atoms with Crippen LogP contribution in [0.4, 0.5) is 5.82 Å². The first-order chi connectivity index (χ1) is 13.8. The third kappa shape index (κ3) is 4.37. The van der Waals surface area contributed by atoms with Crippen molar-refractivity contribution < 1.29 is 9.53 Å². The second-order valence-corrected chi connectivity index (χ2v) is 6.69. The van der Waals surface area contributed by atoms with Crippen molar-refractivity contribution in [1.29, 1.82) is 0 Å². The standard InChI is InChI=1S/C21H23N5O2/c27-21(17-28-16-18-6-2-1-3-7-18)26-14-12-25(13-15-26)20-9-8-19(22-23-20)24-10-4-5-11-24/h1-11H,12-17H2. The lowest BCUT2D eigenvalue weighted by Crippen LogP contribution is -2.50. The number of carbonyl (C=O) groups is 1. The highest BCUT2D eigenvalue weighted by Gasteiger charge is 2.22. The van der Waals surface area contributed by atoms with Crippen LogP contribution in [0.3, 0.4) is 0 Å². The number of carbonyl (C=O) groups excluding carboxylic acids is 1. The molecule has 3 aromatic rings. The van der Waals surface area contributed by atoms with Gasteiger partial charge in [-0.25, -0.2) is 0 Å². The van der Waals surface area contributed by atoms with Crippen LogP contribution in [0, 0.1) is 0 Å². The zero-order chi connectivity index (χ0) is 19.2. The van der Waals surface area contributed by atoms with E-state index in [0.29, 0.717) is 19.7 Å². The van der Waals surface area contributed by atoms with Crippen LogP contribution in [0.5, 0.6) is 0 Å². The molecule has 7 nitrogen and oxygen atoms in total.